The van der Waals surface area contributed by atoms with E-state index in [0.717, 1.165) is 36.7 Å². The van der Waals surface area contributed by atoms with Gasteiger partial charge in [-0.2, -0.15) is 0 Å². The zero-order chi connectivity index (χ0) is 27.1. The summed E-state index contributed by atoms with van der Waals surface area (Å²) in [5.74, 6) is 0. The Morgan fingerprint density at radius 3 is 1.68 bits per heavy atom. The van der Waals surface area contributed by atoms with Crippen LogP contribution >= 0.6 is 0 Å². The number of nitrogens with zero attached hydrogens (tertiary/aromatic N) is 4. The Bertz CT molecular complexity index is 1700. The molecule has 2 N–H and O–H groups in total. The number of hydrogen-bond donors (Lipinski definition) is 2. The molecule has 4 aromatic carbocycles. The number of aromatic nitrogens is 3. The van der Waals surface area contributed by atoms with Crippen LogP contribution in [0.1, 0.15) is 34.3 Å². The molecule has 0 aliphatic carbocycles. The summed E-state index contributed by atoms with van der Waals surface area (Å²) in [5, 5.41) is 3.54. The second-order valence-electron chi connectivity index (χ2n) is 9.06. The molecule has 40 heavy (non-hydrogen) atoms. The van der Waals surface area contributed by atoms with E-state index in [2.05, 4.69) is 79.8 Å². The van der Waals surface area contributed by atoms with Crippen LogP contribution in [0.3, 0.4) is 0 Å². The molecule has 0 aliphatic rings. The molecule has 0 saturated heterocycles. The maximum absolute atomic E-state index is 5.18. The van der Waals surface area contributed by atoms with Crippen molar-refractivity contribution in [1.29, 1.82) is 0 Å². The molecule has 2 aromatic heterocycles. The normalized spacial score (nSPS) is 12.3. The average Bonchev–Trinajstić information content (AvgIpc) is 3.50. The van der Waals surface area contributed by atoms with Crippen LogP contribution in [-0.4, -0.2) is 50.2 Å². The number of nitrogens with one attached hydrogen (secondary N) is 2. The van der Waals surface area contributed by atoms with Crippen molar-refractivity contribution in [2.75, 3.05) is 5.32 Å². The van der Waals surface area contributed by atoms with E-state index in [1.807, 2.05) is 72.8 Å². The second kappa shape index (κ2) is 12.4. The molecule has 2 heterocycles. The van der Waals surface area contributed by atoms with Gasteiger partial charge in [0, 0.05) is 0 Å². The van der Waals surface area contributed by atoms with Gasteiger partial charge in [0.1, 0.15) is 0 Å². The first-order chi connectivity index (χ1) is 19.7. The first-order valence-corrected chi connectivity index (χ1v) is 15.4. The Morgan fingerprint density at radius 1 is 0.700 bits per heavy atom. The van der Waals surface area contributed by atoms with Crippen molar-refractivity contribution in [3.05, 3.63) is 154 Å². The van der Waals surface area contributed by atoms with Gasteiger partial charge in [-0.15, -0.1) is 0 Å². The summed E-state index contributed by atoms with van der Waals surface area (Å²) in [6, 6.07) is 41.0. The van der Waals surface area contributed by atoms with Crippen LogP contribution in [-0.2, 0) is 0 Å². The zero-order valence-electron chi connectivity index (χ0n) is 21.4. The topological polar surface area (TPSA) is 78.3 Å². The van der Waals surface area contributed by atoms with Crippen LogP contribution in [0.2, 0.25) is 0 Å². The Labute approximate surface area is 246 Å². The van der Waals surface area contributed by atoms with E-state index in [1.54, 1.807) is 6.33 Å². The van der Waals surface area contributed by atoms with Crippen molar-refractivity contribution in [1.82, 2.24) is 15.0 Å². The number of fused-ring (bicyclic) bond motifs is 1. The predicted molar refractivity (Wildman–Crippen MR) is 163 cm³/mol. The van der Waals surface area contributed by atoms with Crippen molar-refractivity contribution in [2.45, 2.75) is 12.1 Å². The van der Waals surface area contributed by atoms with Gasteiger partial charge in [0.05, 0.1) is 0 Å². The third kappa shape index (κ3) is 6.06. The van der Waals surface area contributed by atoms with Gasteiger partial charge < -0.3 is 0 Å². The van der Waals surface area contributed by atoms with Gasteiger partial charge in [-0.25, -0.2) is 0 Å². The number of aliphatic imine (C=N–C) groups is 1. The second-order valence-corrected chi connectivity index (χ2v) is 11.9. The Balaban J connectivity index is 1.41. The van der Waals surface area contributed by atoms with E-state index < -0.39 is 0 Å². The number of amidine groups is 1. The van der Waals surface area contributed by atoms with Gasteiger partial charge in [-0.3, -0.25) is 0 Å². The monoisotopic (exact) mass is 653 g/mol. The molecular formula is C32H25N6Se2. The molecular weight excluding hydrogens is 626 g/mol. The van der Waals surface area contributed by atoms with Crippen molar-refractivity contribution in [3.8, 4) is 0 Å². The van der Waals surface area contributed by atoms with Crippen LogP contribution < -0.4 is 9.68 Å². The first kappa shape index (κ1) is 26.2. The average molecular weight is 652 g/mol. The number of H-pyrrole nitrogens is 1. The fourth-order valence-corrected chi connectivity index (χ4v) is 7.11. The van der Waals surface area contributed by atoms with Crippen molar-refractivity contribution >= 4 is 51.0 Å². The molecule has 0 spiro atoms. The minimum absolute atomic E-state index is 0.151. The number of hydrogen-bond acceptors (Lipinski definition) is 4. The number of rotatable bonds is 7. The quantitative estimate of drug-likeness (QED) is 0.137. The first-order valence-electron chi connectivity index (χ1n) is 12.8. The van der Waals surface area contributed by atoms with Crippen LogP contribution in [0, 0.1) is 0 Å². The summed E-state index contributed by atoms with van der Waals surface area (Å²) in [5.41, 5.74) is 5.98. The van der Waals surface area contributed by atoms with E-state index in [1.165, 1.54) is 0 Å². The predicted octanol–water partition coefficient (Wildman–Crippen LogP) is 5.43. The summed E-state index contributed by atoms with van der Waals surface area (Å²) in [6.07, 6.45) is 1.67. The van der Waals surface area contributed by atoms with E-state index in [9.17, 15) is 0 Å². The third-order valence-electron chi connectivity index (χ3n) is 6.41. The Kier molecular flexibility index (Phi) is 8.12. The molecule has 0 amide bonds. The maximum atomic E-state index is 5.18. The summed E-state index contributed by atoms with van der Waals surface area (Å²) in [4.78, 5) is 22.8. The third-order valence-corrected chi connectivity index (χ3v) is 8.71. The summed E-state index contributed by atoms with van der Waals surface area (Å²) < 4.78 is 2.44. The summed E-state index contributed by atoms with van der Waals surface area (Å²) in [6.45, 7) is 0. The Hall–Kier alpha value is -4.06. The van der Waals surface area contributed by atoms with Crippen LogP contribution in [0.4, 0.5) is 4.56 Å². The number of anilines is 1. The molecule has 8 heteroatoms. The standard InChI is InChI=1S/C32H25N6Se2/c39-31(35-26(22-13-5-1-6-14-22)23-15-7-2-8-16-23)38-30-28-29(34-21-33-28)37-32(40-30)36-27(24-17-9-3-10-18-24)25-19-11-4-12-20-25/h1-21,26-27H,(H,35,38)(H,33,34,36,37). The molecule has 0 unspecified atom stereocenters. The number of aromatic amines is 1. The van der Waals surface area contributed by atoms with Crippen LogP contribution in [0.15, 0.2) is 138 Å². The van der Waals surface area contributed by atoms with Gasteiger partial charge in [-0.05, 0) is 0 Å². The SMILES string of the molecule is [Se]C(=NC(c1ccccc1)c1ccccc1)Nc1[se]c(=NC(c2ccccc2)c2ccccc2)nc2nc[nH]c12. The molecule has 195 valence electrons. The molecule has 0 bridgehead atoms. The molecule has 0 atom stereocenters. The molecule has 0 aliphatic heterocycles. The van der Waals surface area contributed by atoms with E-state index in [0.29, 0.717) is 10.4 Å². The van der Waals surface area contributed by atoms with Crippen LogP contribution in [0.5, 0.6) is 0 Å². The molecule has 6 rings (SSSR count). The minimum atomic E-state index is -0.207. The number of benzene rings is 4. The molecule has 6 aromatic rings. The van der Waals surface area contributed by atoms with Gasteiger partial charge >= 0.3 is 248 Å². The van der Waals surface area contributed by atoms with Gasteiger partial charge in [0.25, 0.3) is 0 Å². The van der Waals surface area contributed by atoms with Crippen molar-refractivity contribution < 1.29 is 0 Å². The van der Waals surface area contributed by atoms with Crippen molar-refractivity contribution in [2.24, 2.45) is 9.98 Å². The van der Waals surface area contributed by atoms with Crippen LogP contribution in [0.25, 0.3) is 11.2 Å². The molecule has 1 radical (unpaired) electrons. The molecule has 0 saturated carbocycles. The van der Waals surface area contributed by atoms with Crippen molar-refractivity contribution in [3.63, 3.8) is 0 Å². The molecule has 0 fully saturated rings. The zero-order valence-corrected chi connectivity index (χ0v) is 24.8. The summed E-state index contributed by atoms with van der Waals surface area (Å²) >= 11 is 2.94. The van der Waals surface area contributed by atoms with E-state index in [-0.39, 0.29) is 26.6 Å². The van der Waals surface area contributed by atoms with Gasteiger partial charge in [0.2, 0.25) is 0 Å². The fourth-order valence-electron chi connectivity index (χ4n) is 4.52. The van der Waals surface area contributed by atoms with Gasteiger partial charge in [0.15, 0.2) is 0 Å². The number of imidazole rings is 1. The van der Waals surface area contributed by atoms with Gasteiger partial charge in [-0.1, -0.05) is 0 Å². The molecule has 6 nitrogen and oxygen atoms in total. The van der Waals surface area contributed by atoms with E-state index in [4.69, 9.17) is 15.0 Å². The fraction of sp³-hybridized carbons (Fsp3) is 0.0625. The van der Waals surface area contributed by atoms with E-state index >= 15 is 0 Å². The summed E-state index contributed by atoms with van der Waals surface area (Å²) in [7, 11) is 0. The Morgan fingerprint density at radius 2 is 1.18 bits per heavy atom.